The molecule has 2 rings (SSSR count). The summed E-state index contributed by atoms with van der Waals surface area (Å²) in [6, 6.07) is 6.71. The number of aromatic amines is 1. The summed E-state index contributed by atoms with van der Waals surface area (Å²) in [5.41, 5.74) is 0.937. The van der Waals surface area contributed by atoms with Crippen LogP contribution in [0.4, 0.5) is 0 Å². The third-order valence-corrected chi connectivity index (χ3v) is 3.28. The standard InChI is InChI=1S/C11H14N2O3S/c1-8(2)13-17(14,15)16-10-3-4-11-9(7-10)5-6-12-11/h3-8,12-13H,1-2H3. The molecule has 0 spiro atoms. The number of nitrogens with one attached hydrogen (secondary N) is 2. The van der Waals surface area contributed by atoms with E-state index in [4.69, 9.17) is 4.18 Å². The molecule has 0 aliphatic rings. The van der Waals surface area contributed by atoms with E-state index in [0.717, 1.165) is 10.9 Å². The Bertz CT molecular complexity index is 616. The van der Waals surface area contributed by atoms with Gasteiger partial charge >= 0.3 is 10.3 Å². The Morgan fingerprint density at radius 2 is 2.06 bits per heavy atom. The molecule has 2 aromatic rings. The van der Waals surface area contributed by atoms with Crippen LogP contribution in [0.1, 0.15) is 13.8 Å². The van der Waals surface area contributed by atoms with Crippen LogP contribution in [-0.4, -0.2) is 19.4 Å². The SMILES string of the molecule is CC(C)NS(=O)(=O)Oc1ccc2[nH]ccc2c1. The summed E-state index contributed by atoms with van der Waals surface area (Å²) in [5, 5.41) is 0.905. The molecule has 92 valence electrons. The molecule has 0 saturated heterocycles. The topological polar surface area (TPSA) is 71.2 Å². The van der Waals surface area contributed by atoms with Crippen molar-refractivity contribution in [2.24, 2.45) is 0 Å². The Balaban J connectivity index is 2.23. The Morgan fingerprint density at radius 3 is 2.76 bits per heavy atom. The Labute approximate surface area is 100 Å². The third kappa shape index (κ3) is 2.98. The molecule has 0 saturated carbocycles. The van der Waals surface area contributed by atoms with E-state index in [-0.39, 0.29) is 6.04 Å². The molecule has 2 N–H and O–H groups in total. The van der Waals surface area contributed by atoms with Gasteiger partial charge in [0.25, 0.3) is 0 Å². The molecule has 0 atom stereocenters. The highest BCUT2D eigenvalue weighted by Gasteiger charge is 2.13. The number of fused-ring (bicyclic) bond motifs is 1. The van der Waals surface area contributed by atoms with Gasteiger partial charge in [0, 0.05) is 23.1 Å². The molecule has 0 radical (unpaired) electrons. The van der Waals surface area contributed by atoms with Crippen LogP contribution >= 0.6 is 0 Å². The molecule has 1 aromatic carbocycles. The molecule has 6 heteroatoms. The maximum absolute atomic E-state index is 11.5. The number of rotatable bonds is 4. The van der Waals surface area contributed by atoms with Crippen LogP contribution in [0.15, 0.2) is 30.5 Å². The summed E-state index contributed by atoms with van der Waals surface area (Å²) >= 11 is 0. The predicted molar refractivity (Wildman–Crippen MR) is 66.1 cm³/mol. The molecule has 5 nitrogen and oxygen atoms in total. The van der Waals surface area contributed by atoms with E-state index in [1.165, 1.54) is 0 Å². The fraction of sp³-hybridized carbons (Fsp3) is 0.273. The van der Waals surface area contributed by atoms with Crippen molar-refractivity contribution in [3.8, 4) is 5.75 Å². The highest BCUT2D eigenvalue weighted by molar-refractivity contribution is 7.85. The van der Waals surface area contributed by atoms with E-state index in [2.05, 4.69) is 9.71 Å². The van der Waals surface area contributed by atoms with Gasteiger partial charge in [-0.15, -0.1) is 0 Å². The molecular formula is C11H14N2O3S. The summed E-state index contributed by atoms with van der Waals surface area (Å²) < 4.78 is 30.4. The van der Waals surface area contributed by atoms with E-state index in [1.807, 2.05) is 6.07 Å². The molecule has 0 amide bonds. The van der Waals surface area contributed by atoms with Crippen LogP contribution in [0.2, 0.25) is 0 Å². The average molecular weight is 254 g/mol. The van der Waals surface area contributed by atoms with Gasteiger partial charge in [-0.05, 0) is 38.1 Å². The third-order valence-electron chi connectivity index (χ3n) is 2.11. The Kier molecular flexibility index (Phi) is 3.08. The average Bonchev–Trinajstić information content (AvgIpc) is 2.61. The fourth-order valence-electron chi connectivity index (χ4n) is 1.52. The van der Waals surface area contributed by atoms with Crippen LogP contribution in [-0.2, 0) is 10.3 Å². The highest BCUT2D eigenvalue weighted by Crippen LogP contribution is 2.20. The van der Waals surface area contributed by atoms with Gasteiger partial charge in [-0.25, -0.2) is 0 Å². The van der Waals surface area contributed by atoms with Crippen LogP contribution in [0, 0.1) is 0 Å². The summed E-state index contributed by atoms with van der Waals surface area (Å²) in [4.78, 5) is 3.02. The van der Waals surface area contributed by atoms with E-state index in [0.29, 0.717) is 5.75 Å². The molecule has 0 fully saturated rings. The quantitative estimate of drug-likeness (QED) is 0.873. The van der Waals surface area contributed by atoms with Crippen LogP contribution in [0.3, 0.4) is 0 Å². The maximum Gasteiger partial charge on any atom is 0.382 e. The van der Waals surface area contributed by atoms with Crippen molar-refractivity contribution in [2.45, 2.75) is 19.9 Å². The van der Waals surface area contributed by atoms with Gasteiger partial charge in [-0.3, -0.25) is 0 Å². The lowest BCUT2D eigenvalue weighted by molar-refractivity contribution is 0.464. The van der Waals surface area contributed by atoms with E-state index < -0.39 is 10.3 Å². The van der Waals surface area contributed by atoms with Crippen molar-refractivity contribution in [1.29, 1.82) is 0 Å². The van der Waals surface area contributed by atoms with Crippen molar-refractivity contribution in [1.82, 2.24) is 9.71 Å². The van der Waals surface area contributed by atoms with Gasteiger partial charge in [-0.2, -0.15) is 13.1 Å². The van der Waals surface area contributed by atoms with E-state index in [9.17, 15) is 8.42 Å². The lowest BCUT2D eigenvalue weighted by Gasteiger charge is -2.10. The second-order valence-corrected chi connectivity index (χ2v) is 5.35. The zero-order valence-corrected chi connectivity index (χ0v) is 10.4. The van der Waals surface area contributed by atoms with Gasteiger partial charge in [0.2, 0.25) is 0 Å². The van der Waals surface area contributed by atoms with Crippen molar-refractivity contribution < 1.29 is 12.6 Å². The number of benzene rings is 1. The molecule has 17 heavy (non-hydrogen) atoms. The number of hydrogen-bond donors (Lipinski definition) is 2. The van der Waals surface area contributed by atoms with Gasteiger partial charge in [0.05, 0.1) is 0 Å². The zero-order valence-electron chi connectivity index (χ0n) is 9.60. The largest absolute Gasteiger partial charge is 0.382 e. The number of aromatic nitrogens is 1. The van der Waals surface area contributed by atoms with Gasteiger partial charge < -0.3 is 9.17 Å². The zero-order chi connectivity index (χ0) is 12.5. The Hall–Kier alpha value is -1.53. The van der Waals surface area contributed by atoms with E-state index in [1.54, 1.807) is 38.2 Å². The minimum absolute atomic E-state index is 0.198. The molecule has 0 aliphatic carbocycles. The van der Waals surface area contributed by atoms with Crippen molar-refractivity contribution in [2.75, 3.05) is 0 Å². The summed E-state index contributed by atoms with van der Waals surface area (Å²) in [7, 11) is -3.75. The molecule has 0 bridgehead atoms. The van der Waals surface area contributed by atoms with Gasteiger partial charge in [0.1, 0.15) is 5.75 Å². The summed E-state index contributed by atoms with van der Waals surface area (Å²) in [6.07, 6.45) is 1.79. The first-order valence-electron chi connectivity index (χ1n) is 5.25. The van der Waals surface area contributed by atoms with Crippen molar-refractivity contribution >= 4 is 21.2 Å². The minimum atomic E-state index is -3.75. The lowest BCUT2D eigenvalue weighted by atomic mass is 10.2. The first kappa shape index (κ1) is 11.9. The molecule has 1 heterocycles. The smallest absolute Gasteiger partial charge is 0.371 e. The molecule has 0 aliphatic heterocycles. The molecule has 0 unspecified atom stereocenters. The first-order chi connectivity index (χ1) is 7.96. The van der Waals surface area contributed by atoms with Gasteiger partial charge in [-0.1, -0.05) is 0 Å². The predicted octanol–water partition coefficient (Wildman–Crippen LogP) is 1.79. The fourth-order valence-corrected chi connectivity index (χ4v) is 2.51. The molecular weight excluding hydrogens is 240 g/mol. The summed E-state index contributed by atoms with van der Waals surface area (Å²) in [6.45, 7) is 3.46. The Morgan fingerprint density at radius 1 is 1.29 bits per heavy atom. The van der Waals surface area contributed by atoms with Crippen LogP contribution in [0.25, 0.3) is 10.9 Å². The van der Waals surface area contributed by atoms with Crippen LogP contribution < -0.4 is 8.91 Å². The highest BCUT2D eigenvalue weighted by atomic mass is 32.2. The second kappa shape index (κ2) is 4.38. The minimum Gasteiger partial charge on any atom is -0.371 e. The number of H-pyrrole nitrogens is 1. The maximum atomic E-state index is 11.5. The lowest BCUT2D eigenvalue weighted by Crippen LogP contribution is -2.33. The first-order valence-corrected chi connectivity index (χ1v) is 6.66. The number of hydrogen-bond acceptors (Lipinski definition) is 3. The summed E-state index contributed by atoms with van der Waals surface area (Å²) in [5.74, 6) is 0.297. The van der Waals surface area contributed by atoms with Gasteiger partial charge in [0.15, 0.2) is 0 Å². The van der Waals surface area contributed by atoms with E-state index >= 15 is 0 Å². The monoisotopic (exact) mass is 254 g/mol. The molecule has 1 aromatic heterocycles. The second-order valence-electron chi connectivity index (χ2n) is 4.04. The normalized spacial score (nSPS) is 12.2. The van der Waals surface area contributed by atoms with Crippen LogP contribution in [0.5, 0.6) is 5.75 Å². The van der Waals surface area contributed by atoms with Crippen molar-refractivity contribution in [3.05, 3.63) is 30.5 Å². The van der Waals surface area contributed by atoms with Crippen molar-refractivity contribution in [3.63, 3.8) is 0 Å².